The summed E-state index contributed by atoms with van der Waals surface area (Å²) in [6, 6.07) is -0.154. The molecule has 1 aromatic heterocycles. The maximum Gasteiger partial charge on any atom is 0.406 e. The van der Waals surface area contributed by atoms with E-state index in [-0.39, 0.29) is 19.7 Å². The fourth-order valence-corrected chi connectivity index (χ4v) is 2.73. The molecule has 1 aliphatic heterocycles. The molecule has 1 aromatic rings. The molecule has 130 valence electrons. The lowest BCUT2D eigenvalue weighted by atomic mass is 10.1. The van der Waals surface area contributed by atoms with Crippen LogP contribution in [0, 0.1) is 0 Å². The lowest BCUT2D eigenvalue weighted by Crippen LogP contribution is -2.59. The minimum Gasteiger partial charge on any atom is -0.375 e. The van der Waals surface area contributed by atoms with E-state index in [4.69, 9.17) is 4.74 Å². The summed E-state index contributed by atoms with van der Waals surface area (Å²) >= 11 is 0. The molecular formula is C14H21F3N4O2. The number of amides is 1. The Morgan fingerprint density at radius 1 is 1.52 bits per heavy atom. The summed E-state index contributed by atoms with van der Waals surface area (Å²) in [7, 11) is 0. The van der Waals surface area contributed by atoms with Crippen LogP contribution >= 0.6 is 0 Å². The van der Waals surface area contributed by atoms with E-state index in [0.717, 1.165) is 11.3 Å². The van der Waals surface area contributed by atoms with E-state index in [1.807, 2.05) is 6.92 Å². The molecule has 2 heterocycles. The van der Waals surface area contributed by atoms with Gasteiger partial charge in [-0.3, -0.25) is 9.69 Å². The highest BCUT2D eigenvalue weighted by Crippen LogP contribution is 2.30. The standard InChI is InChI=1S/C14H21F3N4O2/c1-3-6-21-11(4-5-18-21)19-12(22)9-20-7-8-23-10(2)13(20)14(15,16)17/h4-5,10,13H,3,6-9H2,1-2H3,(H,19,22)/t10-,13-/m0/s1. The van der Waals surface area contributed by atoms with E-state index in [9.17, 15) is 18.0 Å². The third-order valence-corrected chi connectivity index (χ3v) is 3.70. The van der Waals surface area contributed by atoms with Gasteiger partial charge in [-0.25, -0.2) is 4.68 Å². The molecular weight excluding hydrogens is 313 g/mol. The Balaban J connectivity index is 2.01. The van der Waals surface area contributed by atoms with Crippen molar-refractivity contribution in [2.24, 2.45) is 0 Å². The van der Waals surface area contributed by atoms with Gasteiger partial charge in [0.05, 0.1) is 25.5 Å². The van der Waals surface area contributed by atoms with Gasteiger partial charge in [-0.15, -0.1) is 0 Å². The number of alkyl halides is 3. The number of aromatic nitrogens is 2. The SMILES string of the molecule is CCCn1nccc1NC(=O)CN1CCO[C@@H](C)[C@H]1C(F)(F)F. The number of rotatable bonds is 5. The minimum absolute atomic E-state index is 0.0656. The predicted octanol–water partition coefficient (Wildman–Crippen LogP) is 1.88. The van der Waals surface area contributed by atoms with Crippen LogP contribution in [0.25, 0.3) is 0 Å². The molecule has 1 saturated heterocycles. The van der Waals surface area contributed by atoms with Crippen molar-refractivity contribution in [2.75, 3.05) is 25.0 Å². The molecule has 0 spiro atoms. The van der Waals surface area contributed by atoms with Crippen LogP contribution in [0.5, 0.6) is 0 Å². The molecule has 0 bridgehead atoms. The highest BCUT2D eigenvalue weighted by molar-refractivity contribution is 5.91. The Morgan fingerprint density at radius 3 is 2.91 bits per heavy atom. The number of halogens is 3. The molecule has 0 saturated carbocycles. The molecule has 23 heavy (non-hydrogen) atoms. The quantitative estimate of drug-likeness (QED) is 0.893. The lowest BCUT2D eigenvalue weighted by Gasteiger charge is -2.40. The van der Waals surface area contributed by atoms with Gasteiger partial charge in [0.1, 0.15) is 11.9 Å². The second kappa shape index (κ2) is 7.31. The van der Waals surface area contributed by atoms with E-state index in [1.165, 1.54) is 6.92 Å². The number of carbonyl (C=O) groups is 1. The Bertz CT molecular complexity index is 532. The molecule has 2 atom stereocenters. The van der Waals surface area contributed by atoms with Gasteiger partial charge in [0.2, 0.25) is 5.91 Å². The molecule has 0 aliphatic carbocycles. The van der Waals surface area contributed by atoms with Gasteiger partial charge in [-0.05, 0) is 13.3 Å². The van der Waals surface area contributed by atoms with E-state index in [0.29, 0.717) is 12.4 Å². The van der Waals surface area contributed by atoms with Gasteiger partial charge in [0.15, 0.2) is 0 Å². The summed E-state index contributed by atoms with van der Waals surface area (Å²) in [6.45, 7) is 3.87. The van der Waals surface area contributed by atoms with Crippen molar-refractivity contribution in [2.45, 2.75) is 45.1 Å². The topological polar surface area (TPSA) is 59.4 Å². The predicted molar refractivity (Wildman–Crippen MR) is 78.0 cm³/mol. The van der Waals surface area contributed by atoms with Gasteiger partial charge in [-0.2, -0.15) is 18.3 Å². The zero-order chi connectivity index (χ0) is 17.0. The monoisotopic (exact) mass is 334 g/mol. The van der Waals surface area contributed by atoms with Gasteiger partial charge in [0.25, 0.3) is 0 Å². The number of aryl methyl sites for hydroxylation is 1. The first kappa shape index (κ1) is 17.7. The zero-order valence-electron chi connectivity index (χ0n) is 13.1. The highest BCUT2D eigenvalue weighted by atomic mass is 19.4. The molecule has 0 unspecified atom stereocenters. The number of morpholine rings is 1. The number of ether oxygens (including phenoxy) is 1. The van der Waals surface area contributed by atoms with Crippen LogP contribution in [0.4, 0.5) is 19.0 Å². The fraction of sp³-hybridized carbons (Fsp3) is 0.714. The Kier molecular flexibility index (Phi) is 5.64. The summed E-state index contributed by atoms with van der Waals surface area (Å²) in [4.78, 5) is 13.2. The Morgan fingerprint density at radius 2 is 2.26 bits per heavy atom. The fourth-order valence-electron chi connectivity index (χ4n) is 2.73. The second-order valence-electron chi connectivity index (χ2n) is 5.52. The Hall–Kier alpha value is -1.61. The average molecular weight is 334 g/mol. The summed E-state index contributed by atoms with van der Waals surface area (Å²) < 4.78 is 46.2. The van der Waals surface area contributed by atoms with Crippen LogP contribution in [0.1, 0.15) is 20.3 Å². The van der Waals surface area contributed by atoms with Crippen molar-refractivity contribution in [3.05, 3.63) is 12.3 Å². The molecule has 1 amide bonds. The Labute approximate surface area is 132 Å². The maximum absolute atomic E-state index is 13.2. The van der Waals surface area contributed by atoms with Gasteiger partial charge < -0.3 is 10.1 Å². The third kappa shape index (κ3) is 4.44. The molecule has 6 nitrogen and oxygen atoms in total. The van der Waals surface area contributed by atoms with Crippen LogP contribution in [0.2, 0.25) is 0 Å². The molecule has 0 radical (unpaired) electrons. The summed E-state index contributed by atoms with van der Waals surface area (Å²) in [5, 5.41) is 6.68. The van der Waals surface area contributed by atoms with E-state index >= 15 is 0 Å². The van der Waals surface area contributed by atoms with Crippen molar-refractivity contribution in [3.63, 3.8) is 0 Å². The van der Waals surface area contributed by atoms with E-state index < -0.39 is 24.2 Å². The normalized spacial score (nSPS) is 23.0. The molecule has 1 fully saturated rings. The van der Waals surface area contributed by atoms with Crippen LogP contribution in [-0.4, -0.2) is 58.6 Å². The highest BCUT2D eigenvalue weighted by Gasteiger charge is 2.49. The summed E-state index contributed by atoms with van der Waals surface area (Å²) in [5.74, 6) is -0.00656. The number of nitrogens with zero attached hydrogens (tertiary/aromatic N) is 3. The number of carbonyl (C=O) groups excluding carboxylic acids is 1. The van der Waals surface area contributed by atoms with Crippen LogP contribution in [0.3, 0.4) is 0 Å². The number of nitrogens with one attached hydrogen (secondary N) is 1. The molecule has 1 N–H and O–H groups in total. The van der Waals surface area contributed by atoms with E-state index in [1.54, 1.807) is 16.9 Å². The third-order valence-electron chi connectivity index (χ3n) is 3.70. The summed E-state index contributed by atoms with van der Waals surface area (Å²) in [5.41, 5.74) is 0. The number of hydrogen-bond donors (Lipinski definition) is 1. The van der Waals surface area contributed by atoms with Gasteiger partial charge in [-0.1, -0.05) is 6.92 Å². The molecule has 9 heteroatoms. The zero-order valence-corrected chi connectivity index (χ0v) is 13.1. The van der Waals surface area contributed by atoms with E-state index in [2.05, 4.69) is 10.4 Å². The van der Waals surface area contributed by atoms with Crippen LogP contribution < -0.4 is 5.32 Å². The molecule has 1 aliphatic rings. The van der Waals surface area contributed by atoms with Crippen molar-refractivity contribution in [3.8, 4) is 0 Å². The van der Waals surface area contributed by atoms with Gasteiger partial charge in [0, 0.05) is 19.2 Å². The van der Waals surface area contributed by atoms with Crippen molar-refractivity contribution >= 4 is 11.7 Å². The minimum atomic E-state index is -4.44. The first-order chi connectivity index (χ1) is 10.8. The first-order valence-electron chi connectivity index (χ1n) is 7.57. The number of anilines is 1. The van der Waals surface area contributed by atoms with Crippen molar-refractivity contribution in [1.82, 2.24) is 14.7 Å². The largest absolute Gasteiger partial charge is 0.406 e. The first-order valence-corrected chi connectivity index (χ1v) is 7.57. The summed E-state index contributed by atoms with van der Waals surface area (Å²) in [6.07, 6.45) is -3.06. The van der Waals surface area contributed by atoms with Crippen molar-refractivity contribution < 1.29 is 22.7 Å². The smallest absolute Gasteiger partial charge is 0.375 e. The van der Waals surface area contributed by atoms with Crippen molar-refractivity contribution in [1.29, 1.82) is 0 Å². The average Bonchev–Trinajstić information content (AvgIpc) is 2.85. The maximum atomic E-state index is 13.2. The lowest BCUT2D eigenvalue weighted by molar-refractivity contribution is -0.229. The second-order valence-corrected chi connectivity index (χ2v) is 5.52. The van der Waals surface area contributed by atoms with Crippen LogP contribution in [0.15, 0.2) is 12.3 Å². The van der Waals surface area contributed by atoms with Crippen LogP contribution in [-0.2, 0) is 16.1 Å². The molecule has 2 rings (SSSR count). The molecule has 0 aromatic carbocycles. The number of hydrogen-bond acceptors (Lipinski definition) is 4. The van der Waals surface area contributed by atoms with Gasteiger partial charge >= 0.3 is 6.18 Å².